The molecule has 2 aromatic rings. The summed E-state index contributed by atoms with van der Waals surface area (Å²) in [5.74, 6) is -2.44. The normalized spacial score (nSPS) is 15.0. The van der Waals surface area contributed by atoms with Crippen molar-refractivity contribution in [1.29, 1.82) is 0 Å². The van der Waals surface area contributed by atoms with Crippen LogP contribution >= 0.6 is 12.2 Å². The lowest BCUT2D eigenvalue weighted by molar-refractivity contribution is -0.134. The van der Waals surface area contributed by atoms with Crippen molar-refractivity contribution in [3.05, 3.63) is 41.9 Å². The lowest BCUT2D eigenvalue weighted by atomic mass is 9.91. The Morgan fingerprint density at radius 1 is 1.30 bits per heavy atom. The van der Waals surface area contributed by atoms with E-state index in [2.05, 4.69) is 10.1 Å². The third-order valence-electron chi connectivity index (χ3n) is 4.52. The highest BCUT2D eigenvalue weighted by molar-refractivity contribution is 7.80. The third-order valence-corrected chi connectivity index (χ3v) is 4.64. The molecular weight excluding hydrogens is 415 g/mol. The predicted molar refractivity (Wildman–Crippen MR) is 111 cm³/mol. The summed E-state index contributed by atoms with van der Waals surface area (Å²) in [7, 11) is 0. The van der Waals surface area contributed by atoms with E-state index in [1.54, 1.807) is 13.0 Å². The minimum atomic E-state index is -1.26. The number of benzene rings is 1. The van der Waals surface area contributed by atoms with E-state index >= 15 is 0 Å². The van der Waals surface area contributed by atoms with Gasteiger partial charge in [-0.1, -0.05) is 5.16 Å². The molecule has 30 heavy (non-hydrogen) atoms. The molecule has 0 aliphatic carbocycles. The van der Waals surface area contributed by atoms with Crippen molar-refractivity contribution in [2.75, 3.05) is 26.2 Å². The highest BCUT2D eigenvalue weighted by Crippen LogP contribution is 2.32. The Kier molecular flexibility index (Phi) is 8.88. The van der Waals surface area contributed by atoms with Gasteiger partial charge in [0.25, 0.3) is 0 Å². The summed E-state index contributed by atoms with van der Waals surface area (Å²) in [6, 6.07) is 4.62. The molecule has 1 aliphatic rings. The van der Waals surface area contributed by atoms with Crippen molar-refractivity contribution >= 4 is 40.2 Å². The minimum absolute atomic E-state index is 0.293. The van der Waals surface area contributed by atoms with Crippen LogP contribution in [0.2, 0.25) is 0 Å². The lowest BCUT2D eigenvalue weighted by Crippen LogP contribution is -2.35. The summed E-state index contributed by atoms with van der Waals surface area (Å²) in [5.41, 5.74) is 1.49. The fraction of sp³-hybridized carbons (Fsp3) is 0.400. The average molecular weight is 438 g/mol. The van der Waals surface area contributed by atoms with Gasteiger partial charge in [-0.2, -0.15) is 0 Å². The van der Waals surface area contributed by atoms with Crippen LogP contribution in [0.1, 0.15) is 31.4 Å². The van der Waals surface area contributed by atoms with E-state index in [9.17, 15) is 14.0 Å². The molecule has 10 heteroatoms. The monoisotopic (exact) mass is 438 g/mol. The molecule has 3 rings (SSSR count). The van der Waals surface area contributed by atoms with E-state index in [0.717, 1.165) is 43.6 Å². The number of carboxylic acids is 2. The number of aliphatic carboxylic acids is 2. The second-order valence-corrected chi connectivity index (χ2v) is 7.25. The van der Waals surface area contributed by atoms with Crippen LogP contribution in [0, 0.1) is 5.82 Å². The molecule has 1 fully saturated rings. The molecule has 1 saturated heterocycles. The fourth-order valence-corrected chi connectivity index (χ4v) is 3.20. The molecule has 0 radical (unpaired) electrons. The molecule has 0 atom stereocenters. The van der Waals surface area contributed by atoms with E-state index in [-0.39, 0.29) is 5.82 Å². The molecular formula is C20H23FN2O6S. The van der Waals surface area contributed by atoms with Gasteiger partial charge in [0.05, 0.1) is 5.69 Å². The SMILES string of the molecule is CC(=S)OCCN1CCC(c2noc3cc(F)ccc23)CC1.O=C(O)C=CC(=O)O. The van der Waals surface area contributed by atoms with Crippen molar-refractivity contribution in [3.63, 3.8) is 0 Å². The quantitative estimate of drug-likeness (QED) is 0.518. The fourth-order valence-electron chi connectivity index (χ4n) is 3.12. The van der Waals surface area contributed by atoms with Gasteiger partial charge in [-0.3, -0.25) is 4.90 Å². The van der Waals surface area contributed by atoms with Crippen LogP contribution in [0.25, 0.3) is 11.0 Å². The van der Waals surface area contributed by atoms with Crippen LogP contribution < -0.4 is 0 Å². The van der Waals surface area contributed by atoms with Gasteiger partial charge in [0.15, 0.2) is 10.6 Å². The van der Waals surface area contributed by atoms with Crippen molar-refractivity contribution < 1.29 is 33.5 Å². The zero-order valence-electron chi connectivity index (χ0n) is 16.4. The minimum Gasteiger partial charge on any atom is -0.486 e. The zero-order chi connectivity index (χ0) is 22.1. The maximum atomic E-state index is 13.2. The molecule has 0 spiro atoms. The lowest BCUT2D eigenvalue weighted by Gasteiger charge is -2.30. The Bertz CT molecular complexity index is 905. The number of hydrogen-bond acceptors (Lipinski definition) is 7. The van der Waals surface area contributed by atoms with Crippen LogP contribution in [0.3, 0.4) is 0 Å². The molecule has 8 nitrogen and oxygen atoms in total. The largest absolute Gasteiger partial charge is 0.486 e. The number of likely N-dealkylation sites (tertiary alicyclic amines) is 1. The number of piperidine rings is 1. The van der Waals surface area contributed by atoms with Crippen molar-refractivity contribution in [1.82, 2.24) is 10.1 Å². The summed E-state index contributed by atoms with van der Waals surface area (Å²) in [6.07, 6.45) is 3.16. The topological polar surface area (TPSA) is 113 Å². The van der Waals surface area contributed by atoms with Gasteiger partial charge >= 0.3 is 11.9 Å². The Balaban J connectivity index is 0.000000343. The van der Waals surface area contributed by atoms with E-state index in [0.29, 0.717) is 35.3 Å². The Morgan fingerprint density at radius 2 is 1.93 bits per heavy atom. The van der Waals surface area contributed by atoms with Crippen molar-refractivity contribution in [3.8, 4) is 0 Å². The van der Waals surface area contributed by atoms with Gasteiger partial charge in [0.2, 0.25) is 0 Å². The molecule has 0 unspecified atom stereocenters. The van der Waals surface area contributed by atoms with E-state index in [1.165, 1.54) is 12.1 Å². The number of aromatic nitrogens is 1. The number of thiocarbonyl (C=S) groups is 1. The molecule has 0 bridgehead atoms. The molecule has 1 aromatic carbocycles. The number of carboxylic acid groups (broad SMARTS) is 2. The van der Waals surface area contributed by atoms with Crippen molar-refractivity contribution in [2.45, 2.75) is 25.7 Å². The van der Waals surface area contributed by atoms with Gasteiger partial charge in [-0.05, 0) is 50.3 Å². The standard InChI is InChI=1S/C16H19FN2O2S.C4H4O4/c1-11(22)20-9-8-19-6-4-12(5-7-19)16-14-3-2-13(17)10-15(14)21-18-16;5-3(6)1-2-4(7)8/h2-3,10,12H,4-9H2,1H3;1-2H,(H,5,6)(H,7,8). The van der Waals surface area contributed by atoms with Gasteiger partial charge in [0, 0.05) is 43.0 Å². The van der Waals surface area contributed by atoms with E-state index < -0.39 is 11.9 Å². The first kappa shape index (κ1) is 23.4. The van der Waals surface area contributed by atoms with Crippen LogP contribution in [-0.2, 0) is 14.3 Å². The second kappa shape index (κ2) is 11.4. The highest BCUT2D eigenvalue weighted by atomic mass is 32.1. The smallest absolute Gasteiger partial charge is 0.328 e. The summed E-state index contributed by atoms with van der Waals surface area (Å²) in [4.78, 5) is 21.5. The van der Waals surface area contributed by atoms with Crippen LogP contribution in [0.4, 0.5) is 4.39 Å². The first-order chi connectivity index (χ1) is 14.3. The molecule has 2 N–H and O–H groups in total. The summed E-state index contributed by atoms with van der Waals surface area (Å²) >= 11 is 4.90. The van der Waals surface area contributed by atoms with E-state index in [4.69, 9.17) is 31.7 Å². The highest BCUT2D eigenvalue weighted by Gasteiger charge is 2.25. The Labute approximate surface area is 177 Å². The number of nitrogens with zero attached hydrogens (tertiary/aromatic N) is 2. The zero-order valence-corrected chi connectivity index (χ0v) is 17.2. The van der Waals surface area contributed by atoms with Gasteiger partial charge in [-0.25, -0.2) is 14.0 Å². The predicted octanol–water partition coefficient (Wildman–Crippen LogP) is 3.22. The van der Waals surface area contributed by atoms with Crippen LogP contribution in [0.5, 0.6) is 0 Å². The van der Waals surface area contributed by atoms with Crippen molar-refractivity contribution in [2.24, 2.45) is 0 Å². The Hall–Kier alpha value is -2.85. The van der Waals surface area contributed by atoms with Crippen LogP contribution in [-0.4, -0.2) is 63.5 Å². The number of hydrogen-bond donors (Lipinski definition) is 2. The number of rotatable bonds is 6. The summed E-state index contributed by atoms with van der Waals surface area (Å²) < 4.78 is 23.8. The van der Waals surface area contributed by atoms with Gasteiger partial charge in [-0.15, -0.1) is 0 Å². The van der Waals surface area contributed by atoms with E-state index in [1.807, 2.05) is 0 Å². The molecule has 0 saturated carbocycles. The maximum absolute atomic E-state index is 13.2. The summed E-state index contributed by atoms with van der Waals surface area (Å²) in [6.45, 7) is 5.33. The number of carbonyl (C=O) groups is 2. The van der Waals surface area contributed by atoms with Gasteiger partial charge in [0.1, 0.15) is 12.4 Å². The number of halogens is 1. The number of ether oxygens (including phenoxy) is 1. The average Bonchev–Trinajstić information content (AvgIpc) is 3.10. The second-order valence-electron chi connectivity index (χ2n) is 6.67. The molecule has 162 valence electrons. The molecule has 1 aliphatic heterocycles. The molecule has 2 heterocycles. The maximum Gasteiger partial charge on any atom is 0.328 e. The molecule has 1 aromatic heterocycles. The number of fused-ring (bicyclic) bond motifs is 1. The first-order valence-electron chi connectivity index (χ1n) is 9.30. The first-order valence-corrected chi connectivity index (χ1v) is 9.71. The summed E-state index contributed by atoms with van der Waals surface area (Å²) in [5, 5.41) is 21.3. The molecule has 0 amide bonds. The van der Waals surface area contributed by atoms with Gasteiger partial charge < -0.3 is 19.5 Å². The Morgan fingerprint density at radius 3 is 2.50 bits per heavy atom. The third kappa shape index (κ3) is 7.53. The van der Waals surface area contributed by atoms with Crippen LogP contribution in [0.15, 0.2) is 34.9 Å².